The van der Waals surface area contributed by atoms with Gasteiger partial charge in [-0.2, -0.15) is 0 Å². The van der Waals surface area contributed by atoms with E-state index in [9.17, 15) is 29.3 Å². The summed E-state index contributed by atoms with van der Waals surface area (Å²) in [5.41, 5.74) is 1.19. The lowest BCUT2D eigenvalue weighted by Gasteiger charge is -2.27. The zero-order chi connectivity index (χ0) is 26.1. The molecule has 1 aliphatic heterocycles. The topological polar surface area (TPSA) is 136 Å². The molecule has 0 fully saturated rings. The van der Waals surface area contributed by atoms with E-state index in [2.05, 4.69) is 5.32 Å². The first-order valence-corrected chi connectivity index (χ1v) is 11.1. The molecule has 0 atom stereocenters. The highest BCUT2D eigenvalue weighted by molar-refractivity contribution is 6.35. The second-order valence-electron chi connectivity index (χ2n) is 8.13. The molecule has 3 amide bonds. The number of amides is 3. The molecule has 0 saturated carbocycles. The molecule has 10 heteroatoms. The average Bonchev–Trinajstić information content (AvgIpc) is 2.91. The minimum absolute atomic E-state index is 0.103. The first kappa shape index (κ1) is 23.4. The summed E-state index contributed by atoms with van der Waals surface area (Å²) in [6.45, 7) is -0.618. The molecule has 0 aliphatic carbocycles. The van der Waals surface area contributed by atoms with Gasteiger partial charge in [-0.05, 0) is 47.9 Å². The number of esters is 1. The van der Waals surface area contributed by atoms with E-state index in [1.54, 1.807) is 24.3 Å². The third-order valence-corrected chi connectivity index (χ3v) is 5.81. The van der Waals surface area contributed by atoms with Crippen molar-refractivity contribution in [1.82, 2.24) is 0 Å². The zero-order valence-corrected chi connectivity index (χ0v) is 19.0. The molecule has 0 bridgehead atoms. The number of nitro groups is 1. The fraction of sp³-hybridized carbons (Fsp3) is 0.0370. The van der Waals surface area contributed by atoms with E-state index in [1.165, 1.54) is 48.5 Å². The number of rotatable bonds is 6. The van der Waals surface area contributed by atoms with Crippen LogP contribution in [0.15, 0.2) is 84.9 Å². The summed E-state index contributed by atoms with van der Waals surface area (Å²) in [5.74, 6) is -2.42. The maximum atomic E-state index is 13.2. The molecule has 4 aromatic carbocycles. The molecule has 0 spiro atoms. The summed E-state index contributed by atoms with van der Waals surface area (Å²) in [7, 11) is 0. The van der Waals surface area contributed by atoms with Gasteiger partial charge in [-0.3, -0.25) is 24.5 Å². The summed E-state index contributed by atoms with van der Waals surface area (Å²) < 4.78 is 5.02. The number of carbonyl (C=O) groups excluding carboxylic acids is 4. The lowest BCUT2D eigenvalue weighted by atomic mass is 9.94. The van der Waals surface area contributed by atoms with Gasteiger partial charge in [0.2, 0.25) is 0 Å². The lowest BCUT2D eigenvalue weighted by molar-refractivity contribution is -0.384. The number of carbonyl (C=O) groups is 4. The van der Waals surface area contributed by atoms with Crippen molar-refractivity contribution >= 4 is 51.5 Å². The van der Waals surface area contributed by atoms with Crippen molar-refractivity contribution < 1.29 is 28.8 Å². The number of anilines is 2. The Kier molecular flexibility index (Phi) is 5.90. The van der Waals surface area contributed by atoms with Crippen LogP contribution in [0.3, 0.4) is 0 Å². The molecule has 1 N–H and O–H groups in total. The number of nitrogens with one attached hydrogen (secondary N) is 1. The molecule has 10 nitrogen and oxygen atoms in total. The summed E-state index contributed by atoms with van der Waals surface area (Å²) in [6, 6.07) is 21.5. The van der Waals surface area contributed by atoms with E-state index >= 15 is 0 Å². The fourth-order valence-electron chi connectivity index (χ4n) is 4.12. The van der Waals surface area contributed by atoms with Crippen molar-refractivity contribution in [3.05, 3.63) is 112 Å². The van der Waals surface area contributed by atoms with Crippen LogP contribution in [0.25, 0.3) is 10.8 Å². The number of benzene rings is 4. The van der Waals surface area contributed by atoms with Gasteiger partial charge in [-0.15, -0.1) is 0 Å². The Bertz CT molecular complexity index is 1560. The maximum absolute atomic E-state index is 13.2. The van der Waals surface area contributed by atoms with E-state index in [-0.39, 0.29) is 22.6 Å². The van der Waals surface area contributed by atoms with Crippen LogP contribution in [0, 0.1) is 10.1 Å². The molecule has 0 radical (unpaired) electrons. The van der Waals surface area contributed by atoms with Crippen molar-refractivity contribution in [1.29, 1.82) is 0 Å². The quantitative estimate of drug-likeness (QED) is 0.182. The molecule has 5 rings (SSSR count). The van der Waals surface area contributed by atoms with Gasteiger partial charge < -0.3 is 10.1 Å². The number of hydrogen-bond donors (Lipinski definition) is 1. The van der Waals surface area contributed by atoms with E-state index in [0.717, 1.165) is 10.3 Å². The van der Waals surface area contributed by atoms with Crippen molar-refractivity contribution in [3.63, 3.8) is 0 Å². The van der Waals surface area contributed by atoms with Gasteiger partial charge in [0.1, 0.15) is 0 Å². The number of non-ortho nitro benzene ring substituents is 1. The Morgan fingerprint density at radius 2 is 1.49 bits per heavy atom. The highest BCUT2D eigenvalue weighted by Gasteiger charge is 2.33. The second-order valence-corrected chi connectivity index (χ2v) is 8.13. The van der Waals surface area contributed by atoms with E-state index in [4.69, 9.17) is 4.74 Å². The van der Waals surface area contributed by atoms with Gasteiger partial charge in [0.05, 0.1) is 16.2 Å². The number of ether oxygens (including phenoxy) is 1. The SMILES string of the molecule is O=C(COC(=O)c1ccc(N2C(=O)c3cccc4cccc(c34)C2=O)cc1)Nc1cccc([N+](=O)[O-])c1. The van der Waals surface area contributed by atoms with Gasteiger partial charge >= 0.3 is 5.97 Å². The van der Waals surface area contributed by atoms with Crippen molar-refractivity contribution in [2.24, 2.45) is 0 Å². The second kappa shape index (κ2) is 9.34. The Morgan fingerprint density at radius 1 is 0.865 bits per heavy atom. The minimum atomic E-state index is -0.799. The monoisotopic (exact) mass is 495 g/mol. The van der Waals surface area contributed by atoms with Gasteiger partial charge in [0.25, 0.3) is 23.4 Å². The molecule has 0 unspecified atom stereocenters. The molecule has 0 saturated heterocycles. The minimum Gasteiger partial charge on any atom is -0.452 e. The van der Waals surface area contributed by atoms with Crippen LogP contribution >= 0.6 is 0 Å². The first-order valence-electron chi connectivity index (χ1n) is 11.1. The zero-order valence-electron chi connectivity index (χ0n) is 19.0. The van der Waals surface area contributed by atoms with Crippen LogP contribution < -0.4 is 10.2 Å². The average molecular weight is 495 g/mol. The highest BCUT2D eigenvalue weighted by Crippen LogP contribution is 2.32. The van der Waals surface area contributed by atoms with Crippen molar-refractivity contribution in [3.8, 4) is 0 Å². The molecule has 1 heterocycles. The molecular weight excluding hydrogens is 478 g/mol. The van der Waals surface area contributed by atoms with Gasteiger partial charge in [-0.25, -0.2) is 9.69 Å². The molecular formula is C27H17N3O7. The highest BCUT2D eigenvalue weighted by atomic mass is 16.6. The summed E-state index contributed by atoms with van der Waals surface area (Å²) in [4.78, 5) is 62.1. The number of hydrogen-bond acceptors (Lipinski definition) is 7. The van der Waals surface area contributed by atoms with Gasteiger partial charge in [0.15, 0.2) is 6.61 Å². The standard InChI is InChI=1S/C27H17N3O7/c31-23(28-18-6-3-7-20(14-18)30(35)36)15-37-27(34)17-10-12-19(13-11-17)29-25(32)21-8-1-4-16-5-2-9-22(24(16)21)26(29)33/h1-14H,15H2,(H,28,31). The van der Waals surface area contributed by atoms with Crippen LogP contribution in [-0.2, 0) is 9.53 Å². The van der Waals surface area contributed by atoms with Crippen LogP contribution in [0.2, 0.25) is 0 Å². The molecule has 182 valence electrons. The van der Waals surface area contributed by atoms with Gasteiger partial charge in [0, 0.05) is 34.3 Å². The lowest BCUT2D eigenvalue weighted by Crippen LogP contribution is -2.40. The van der Waals surface area contributed by atoms with E-state index in [0.29, 0.717) is 16.5 Å². The van der Waals surface area contributed by atoms with Crippen LogP contribution in [0.5, 0.6) is 0 Å². The smallest absolute Gasteiger partial charge is 0.338 e. The summed E-state index contributed by atoms with van der Waals surface area (Å²) in [5, 5.41) is 14.7. The van der Waals surface area contributed by atoms with Gasteiger partial charge in [-0.1, -0.05) is 30.3 Å². The van der Waals surface area contributed by atoms with E-state index < -0.39 is 35.2 Å². The van der Waals surface area contributed by atoms with Crippen LogP contribution in [0.4, 0.5) is 17.1 Å². The van der Waals surface area contributed by atoms with Crippen molar-refractivity contribution in [2.75, 3.05) is 16.8 Å². The summed E-state index contributed by atoms with van der Waals surface area (Å²) >= 11 is 0. The molecule has 1 aliphatic rings. The Balaban J connectivity index is 1.26. The Morgan fingerprint density at radius 3 is 2.11 bits per heavy atom. The maximum Gasteiger partial charge on any atom is 0.338 e. The molecule has 4 aromatic rings. The van der Waals surface area contributed by atoms with E-state index in [1.807, 2.05) is 12.1 Å². The summed E-state index contributed by atoms with van der Waals surface area (Å²) in [6.07, 6.45) is 0. The van der Waals surface area contributed by atoms with Crippen LogP contribution in [-0.4, -0.2) is 35.2 Å². The third kappa shape index (κ3) is 4.39. The number of nitro benzene ring substituents is 1. The normalized spacial score (nSPS) is 12.4. The predicted molar refractivity (Wildman–Crippen MR) is 134 cm³/mol. The molecule has 37 heavy (non-hydrogen) atoms. The predicted octanol–water partition coefficient (Wildman–Crippen LogP) is 4.34. The van der Waals surface area contributed by atoms with Crippen molar-refractivity contribution in [2.45, 2.75) is 0 Å². The largest absolute Gasteiger partial charge is 0.452 e. The Labute approximate surface area is 209 Å². The van der Waals surface area contributed by atoms with Crippen LogP contribution in [0.1, 0.15) is 31.1 Å². The fourth-order valence-corrected chi connectivity index (χ4v) is 4.12. The number of imide groups is 1. The first-order chi connectivity index (χ1) is 17.8. The molecule has 0 aromatic heterocycles. The third-order valence-electron chi connectivity index (χ3n) is 5.81. The number of nitrogens with zero attached hydrogens (tertiary/aromatic N) is 2. The Hall–Kier alpha value is -5.38.